The molecular formula is C24H35NO6. The molecule has 0 aromatic heterocycles. The maximum absolute atomic E-state index is 13.1. The topological polar surface area (TPSA) is 90.9 Å². The summed E-state index contributed by atoms with van der Waals surface area (Å²) in [7, 11) is 1.55. The van der Waals surface area contributed by atoms with E-state index in [0.717, 1.165) is 24.8 Å². The minimum atomic E-state index is -0.479. The lowest BCUT2D eigenvalue weighted by Crippen LogP contribution is -2.34. The van der Waals surface area contributed by atoms with Crippen LogP contribution in [0.15, 0.2) is 12.1 Å². The Morgan fingerprint density at radius 2 is 1.84 bits per heavy atom. The molecule has 1 aromatic rings. The van der Waals surface area contributed by atoms with Crippen LogP contribution in [0, 0.1) is 0 Å². The van der Waals surface area contributed by atoms with Crippen molar-refractivity contribution in [2.75, 3.05) is 13.7 Å². The fourth-order valence-electron chi connectivity index (χ4n) is 3.64. The highest BCUT2D eigenvalue weighted by molar-refractivity contribution is 5.95. The molecule has 0 radical (unpaired) electrons. The van der Waals surface area contributed by atoms with E-state index in [1.807, 2.05) is 26.8 Å². The highest BCUT2D eigenvalue weighted by Gasteiger charge is 2.24. The number of carbonyl (C=O) groups excluding carboxylic acids is 3. The second-order valence-corrected chi connectivity index (χ2v) is 8.38. The highest BCUT2D eigenvalue weighted by atomic mass is 16.5. The number of carbonyl (C=O) groups is 3. The van der Waals surface area contributed by atoms with Gasteiger partial charge in [-0.2, -0.15) is 0 Å². The number of nitrogens with one attached hydrogen (secondary N) is 1. The summed E-state index contributed by atoms with van der Waals surface area (Å²) in [5.41, 5.74) is 1.11. The smallest absolute Gasteiger partial charge is 0.342 e. The van der Waals surface area contributed by atoms with Crippen molar-refractivity contribution in [1.29, 1.82) is 0 Å². The number of aryl methyl sites for hydroxylation is 1. The van der Waals surface area contributed by atoms with Crippen molar-refractivity contribution in [2.24, 2.45) is 0 Å². The van der Waals surface area contributed by atoms with Gasteiger partial charge in [-0.05, 0) is 64.5 Å². The van der Waals surface area contributed by atoms with E-state index in [2.05, 4.69) is 5.32 Å². The van der Waals surface area contributed by atoms with Crippen LogP contribution in [0.1, 0.15) is 81.6 Å². The first-order chi connectivity index (χ1) is 14.8. The van der Waals surface area contributed by atoms with E-state index in [0.29, 0.717) is 43.4 Å². The highest BCUT2D eigenvalue weighted by Crippen LogP contribution is 2.32. The van der Waals surface area contributed by atoms with E-state index in [9.17, 15) is 14.4 Å². The Hall–Kier alpha value is -2.57. The largest absolute Gasteiger partial charge is 0.497 e. The molecule has 1 aliphatic rings. The zero-order chi connectivity index (χ0) is 22.8. The van der Waals surface area contributed by atoms with Gasteiger partial charge in [-0.1, -0.05) is 6.42 Å². The van der Waals surface area contributed by atoms with E-state index in [4.69, 9.17) is 14.2 Å². The minimum absolute atomic E-state index is 0.00676. The van der Waals surface area contributed by atoms with Crippen LogP contribution in [0.4, 0.5) is 0 Å². The number of hydrogen-bond acceptors (Lipinski definition) is 6. The predicted molar refractivity (Wildman–Crippen MR) is 118 cm³/mol. The molecule has 7 nitrogen and oxygen atoms in total. The first-order valence-electron chi connectivity index (χ1n) is 11.2. The van der Waals surface area contributed by atoms with Gasteiger partial charge in [0.05, 0.1) is 13.2 Å². The SMILES string of the molecule is COc1cc2c(c(OCC(=O)NC(C)C)c1)C(=O)O[C@@H](C)CCCC(=O)CCCCC2. The van der Waals surface area contributed by atoms with Crippen LogP contribution >= 0.6 is 0 Å². The van der Waals surface area contributed by atoms with Crippen LogP contribution in [0.25, 0.3) is 0 Å². The van der Waals surface area contributed by atoms with Crippen molar-refractivity contribution in [2.45, 2.75) is 84.3 Å². The van der Waals surface area contributed by atoms with Gasteiger partial charge in [-0.3, -0.25) is 9.59 Å². The molecule has 0 aliphatic carbocycles. The van der Waals surface area contributed by atoms with Crippen molar-refractivity contribution in [1.82, 2.24) is 5.32 Å². The molecule has 0 bridgehead atoms. The van der Waals surface area contributed by atoms with Crippen LogP contribution in [-0.2, 0) is 20.7 Å². The molecular weight excluding hydrogens is 398 g/mol. The van der Waals surface area contributed by atoms with Crippen LogP contribution in [0.5, 0.6) is 11.5 Å². The number of ether oxygens (including phenoxy) is 3. The standard InChI is InChI=1S/C24H35NO6/c1-16(2)25-22(27)15-30-21-14-20(29-4)13-18-10-6-5-7-11-19(26)12-8-9-17(3)31-24(28)23(18)21/h13-14,16-17H,5-12,15H2,1-4H3,(H,25,27)/t17-/m0/s1. The van der Waals surface area contributed by atoms with Crippen LogP contribution in [-0.4, -0.2) is 43.5 Å². The summed E-state index contributed by atoms with van der Waals surface area (Å²) in [6.45, 7) is 5.36. The second kappa shape index (κ2) is 12.3. The van der Waals surface area contributed by atoms with Gasteiger partial charge < -0.3 is 19.5 Å². The molecule has 0 saturated carbocycles. The van der Waals surface area contributed by atoms with Crippen LogP contribution < -0.4 is 14.8 Å². The quantitative estimate of drug-likeness (QED) is 0.706. The predicted octanol–water partition coefficient (Wildman–Crippen LogP) is 4.00. The summed E-state index contributed by atoms with van der Waals surface area (Å²) in [5.74, 6) is 0.363. The lowest BCUT2D eigenvalue weighted by atomic mass is 9.98. The molecule has 2 rings (SSSR count). The molecule has 1 aromatic carbocycles. The Bertz CT molecular complexity index is 774. The molecule has 172 valence electrons. The summed E-state index contributed by atoms with van der Waals surface area (Å²) in [6.07, 6.45) is 5.29. The van der Waals surface area contributed by atoms with Gasteiger partial charge in [0.1, 0.15) is 22.8 Å². The number of cyclic esters (lactones) is 1. The van der Waals surface area contributed by atoms with E-state index in [-0.39, 0.29) is 36.2 Å². The Morgan fingerprint density at radius 1 is 1.13 bits per heavy atom. The first kappa shape index (κ1) is 24.7. The van der Waals surface area contributed by atoms with Crippen molar-refractivity contribution < 1.29 is 28.6 Å². The number of Topliss-reactive ketones (excluding diaryl/α,β-unsaturated/α-hetero) is 1. The van der Waals surface area contributed by atoms with Crippen molar-refractivity contribution >= 4 is 17.7 Å². The summed E-state index contributed by atoms with van der Waals surface area (Å²) in [4.78, 5) is 37.1. The third kappa shape index (κ3) is 8.23. The minimum Gasteiger partial charge on any atom is -0.497 e. The Morgan fingerprint density at radius 3 is 2.55 bits per heavy atom. The van der Waals surface area contributed by atoms with Gasteiger partial charge in [0, 0.05) is 24.9 Å². The average Bonchev–Trinajstić information content (AvgIpc) is 2.70. The summed E-state index contributed by atoms with van der Waals surface area (Å²) in [6, 6.07) is 3.43. The molecule has 1 atom stereocenters. The maximum atomic E-state index is 13.1. The maximum Gasteiger partial charge on any atom is 0.342 e. The Labute approximate surface area is 184 Å². The van der Waals surface area contributed by atoms with Crippen molar-refractivity contribution in [3.63, 3.8) is 0 Å². The van der Waals surface area contributed by atoms with Crippen LogP contribution in [0.2, 0.25) is 0 Å². The number of benzene rings is 1. The van der Waals surface area contributed by atoms with Gasteiger partial charge in [0.15, 0.2) is 6.61 Å². The van der Waals surface area contributed by atoms with Gasteiger partial charge in [-0.15, -0.1) is 0 Å². The number of amides is 1. The normalized spacial score (nSPS) is 18.5. The lowest BCUT2D eigenvalue weighted by Gasteiger charge is -2.19. The van der Waals surface area contributed by atoms with E-state index >= 15 is 0 Å². The van der Waals surface area contributed by atoms with Gasteiger partial charge >= 0.3 is 5.97 Å². The number of methoxy groups -OCH3 is 1. The third-order valence-corrected chi connectivity index (χ3v) is 5.18. The first-order valence-corrected chi connectivity index (χ1v) is 11.2. The zero-order valence-electron chi connectivity index (χ0n) is 19.1. The summed E-state index contributed by atoms with van der Waals surface area (Å²) >= 11 is 0. The van der Waals surface area contributed by atoms with E-state index in [1.165, 1.54) is 0 Å². The van der Waals surface area contributed by atoms with Gasteiger partial charge in [0.2, 0.25) is 0 Å². The molecule has 0 saturated heterocycles. The molecule has 7 heteroatoms. The van der Waals surface area contributed by atoms with Crippen LogP contribution in [0.3, 0.4) is 0 Å². The molecule has 0 unspecified atom stereocenters. The van der Waals surface area contributed by atoms with Gasteiger partial charge in [-0.25, -0.2) is 4.79 Å². The molecule has 0 spiro atoms. The van der Waals surface area contributed by atoms with E-state index in [1.54, 1.807) is 13.2 Å². The third-order valence-electron chi connectivity index (χ3n) is 5.18. The van der Waals surface area contributed by atoms with E-state index < -0.39 is 5.97 Å². The molecule has 1 N–H and O–H groups in total. The summed E-state index contributed by atoms with van der Waals surface area (Å²) in [5, 5.41) is 2.77. The van der Waals surface area contributed by atoms with Gasteiger partial charge in [0.25, 0.3) is 5.91 Å². The average molecular weight is 434 g/mol. The summed E-state index contributed by atoms with van der Waals surface area (Å²) < 4.78 is 16.8. The Kier molecular flexibility index (Phi) is 9.82. The molecule has 1 aliphatic heterocycles. The number of rotatable bonds is 5. The molecule has 0 fully saturated rings. The lowest BCUT2D eigenvalue weighted by molar-refractivity contribution is -0.123. The fraction of sp³-hybridized carbons (Fsp3) is 0.625. The second-order valence-electron chi connectivity index (χ2n) is 8.38. The monoisotopic (exact) mass is 433 g/mol. The number of esters is 1. The number of ketones is 1. The molecule has 1 heterocycles. The number of fused-ring (bicyclic) bond motifs is 1. The zero-order valence-corrected chi connectivity index (χ0v) is 19.1. The van der Waals surface area contributed by atoms with Crippen molar-refractivity contribution in [3.8, 4) is 11.5 Å². The van der Waals surface area contributed by atoms with Crippen molar-refractivity contribution in [3.05, 3.63) is 23.3 Å². The molecule has 31 heavy (non-hydrogen) atoms. The number of hydrogen-bond donors (Lipinski definition) is 1. The fourth-order valence-corrected chi connectivity index (χ4v) is 3.64. The molecule has 1 amide bonds. The Balaban J connectivity index is 2.32.